The van der Waals surface area contributed by atoms with Crippen molar-refractivity contribution in [1.29, 1.82) is 0 Å². The normalized spacial score (nSPS) is 19.8. The molecule has 1 fully saturated rings. The van der Waals surface area contributed by atoms with E-state index in [0.29, 0.717) is 13.0 Å². The van der Waals surface area contributed by atoms with Crippen LogP contribution in [0.2, 0.25) is 0 Å². The molecule has 0 aromatic heterocycles. The lowest BCUT2D eigenvalue weighted by atomic mass is 9.85. The minimum absolute atomic E-state index is 0.00107. The Balaban J connectivity index is 2.06. The Hall–Kier alpha value is -2.57. The van der Waals surface area contributed by atoms with Gasteiger partial charge in [-0.15, -0.1) is 0 Å². The number of amides is 1. The number of ether oxygens (including phenoxy) is 2. The van der Waals surface area contributed by atoms with E-state index in [2.05, 4.69) is 10.1 Å². The van der Waals surface area contributed by atoms with Crippen molar-refractivity contribution in [3.63, 3.8) is 0 Å². The van der Waals surface area contributed by atoms with Crippen LogP contribution < -0.4 is 5.32 Å². The second-order valence-electron chi connectivity index (χ2n) is 6.01. The Labute approximate surface area is 146 Å². The number of hydrogen-bond donors (Lipinski definition) is 2. The van der Waals surface area contributed by atoms with E-state index in [1.54, 1.807) is 6.92 Å². The Kier molecular flexibility index (Phi) is 6.38. The summed E-state index contributed by atoms with van der Waals surface area (Å²) < 4.78 is 9.67. The third-order valence-corrected chi connectivity index (χ3v) is 4.29. The average molecular weight is 349 g/mol. The molecule has 0 heterocycles. The Morgan fingerprint density at radius 1 is 1.28 bits per heavy atom. The highest BCUT2D eigenvalue weighted by Crippen LogP contribution is 2.26. The van der Waals surface area contributed by atoms with Crippen molar-refractivity contribution >= 4 is 17.8 Å². The molecule has 2 N–H and O–H groups in total. The highest BCUT2D eigenvalue weighted by Gasteiger charge is 2.29. The van der Waals surface area contributed by atoms with Crippen LogP contribution in [0.5, 0.6) is 5.75 Å². The molecule has 136 valence electrons. The number of methoxy groups -OCH3 is 1. The summed E-state index contributed by atoms with van der Waals surface area (Å²) in [7, 11) is 1.24. The minimum atomic E-state index is -0.589. The molecule has 7 heteroatoms. The van der Waals surface area contributed by atoms with E-state index in [9.17, 15) is 19.5 Å². The smallest absolute Gasteiger partial charge is 0.337 e. The molecule has 0 radical (unpaired) electrons. The summed E-state index contributed by atoms with van der Waals surface area (Å²) in [5, 5.41) is 12.7. The lowest BCUT2D eigenvalue weighted by molar-refractivity contribution is -0.149. The van der Waals surface area contributed by atoms with Crippen LogP contribution in [0.3, 0.4) is 0 Å². The number of hydrogen-bond acceptors (Lipinski definition) is 6. The van der Waals surface area contributed by atoms with Gasteiger partial charge in [-0.25, -0.2) is 4.79 Å². The Morgan fingerprint density at radius 2 is 2.04 bits per heavy atom. The molecule has 1 aliphatic rings. The molecule has 0 spiro atoms. The summed E-state index contributed by atoms with van der Waals surface area (Å²) in [5.74, 6) is -1.76. The maximum absolute atomic E-state index is 12.5. The van der Waals surface area contributed by atoms with E-state index >= 15 is 0 Å². The Bertz CT molecular complexity index is 657. The zero-order chi connectivity index (χ0) is 18.4. The van der Waals surface area contributed by atoms with Gasteiger partial charge in [-0.2, -0.15) is 0 Å². The highest BCUT2D eigenvalue weighted by molar-refractivity contribution is 6.00. The monoisotopic (exact) mass is 349 g/mol. The maximum atomic E-state index is 12.5. The molecule has 0 saturated heterocycles. The predicted molar refractivity (Wildman–Crippen MR) is 89.3 cm³/mol. The van der Waals surface area contributed by atoms with Gasteiger partial charge in [-0.05, 0) is 44.4 Å². The zero-order valence-corrected chi connectivity index (χ0v) is 14.4. The molecule has 2 atom stereocenters. The lowest BCUT2D eigenvalue weighted by Crippen LogP contribution is -2.40. The van der Waals surface area contributed by atoms with E-state index in [-0.39, 0.29) is 34.8 Å². The molecule has 1 saturated carbocycles. The summed E-state index contributed by atoms with van der Waals surface area (Å²) >= 11 is 0. The van der Waals surface area contributed by atoms with E-state index in [1.807, 2.05) is 0 Å². The van der Waals surface area contributed by atoms with Gasteiger partial charge in [0.25, 0.3) is 5.91 Å². The van der Waals surface area contributed by atoms with Crippen molar-refractivity contribution in [2.75, 3.05) is 13.7 Å². The molecule has 1 aromatic rings. The quantitative estimate of drug-likeness (QED) is 0.789. The molecule has 1 amide bonds. The average Bonchev–Trinajstić information content (AvgIpc) is 2.61. The van der Waals surface area contributed by atoms with E-state index in [4.69, 9.17) is 4.74 Å². The topological polar surface area (TPSA) is 102 Å². The van der Waals surface area contributed by atoms with Gasteiger partial charge >= 0.3 is 11.9 Å². The molecule has 2 unspecified atom stereocenters. The number of carbonyl (C=O) groups excluding carboxylic acids is 3. The van der Waals surface area contributed by atoms with Gasteiger partial charge < -0.3 is 19.9 Å². The van der Waals surface area contributed by atoms with Crippen molar-refractivity contribution in [2.24, 2.45) is 5.92 Å². The number of phenolic OH excluding ortho intramolecular Hbond substituents is 1. The van der Waals surface area contributed by atoms with Gasteiger partial charge in [0, 0.05) is 6.04 Å². The van der Waals surface area contributed by atoms with Crippen molar-refractivity contribution in [2.45, 2.75) is 38.6 Å². The van der Waals surface area contributed by atoms with Crippen molar-refractivity contribution in [3.8, 4) is 5.75 Å². The molecular formula is C18H23NO6. The number of benzene rings is 1. The third-order valence-electron chi connectivity index (χ3n) is 4.29. The summed E-state index contributed by atoms with van der Waals surface area (Å²) in [6, 6.07) is 3.78. The van der Waals surface area contributed by atoms with Crippen LogP contribution in [0.1, 0.15) is 53.3 Å². The zero-order valence-electron chi connectivity index (χ0n) is 14.4. The first-order valence-corrected chi connectivity index (χ1v) is 8.35. The first kappa shape index (κ1) is 18.8. The fraction of sp³-hybridized carbons (Fsp3) is 0.500. The van der Waals surface area contributed by atoms with Gasteiger partial charge in [-0.3, -0.25) is 9.59 Å². The van der Waals surface area contributed by atoms with Crippen LogP contribution in [0, 0.1) is 5.92 Å². The standard InChI is InChI=1S/C18H23NO6/c1-3-25-18(23)11-5-4-6-13(9-11)19-16(21)14-10-12(17(22)24-2)7-8-15(14)20/h7-8,10-11,13,20H,3-6,9H2,1-2H3,(H,19,21). The largest absolute Gasteiger partial charge is 0.507 e. The molecular weight excluding hydrogens is 326 g/mol. The second kappa shape index (κ2) is 8.50. The number of rotatable bonds is 5. The van der Waals surface area contributed by atoms with Crippen molar-refractivity contribution in [3.05, 3.63) is 29.3 Å². The van der Waals surface area contributed by atoms with E-state index in [0.717, 1.165) is 19.3 Å². The number of carbonyl (C=O) groups is 3. The van der Waals surface area contributed by atoms with Crippen LogP contribution in [0.4, 0.5) is 0 Å². The van der Waals surface area contributed by atoms with E-state index < -0.39 is 11.9 Å². The van der Waals surface area contributed by atoms with Gasteiger partial charge in [0.05, 0.1) is 30.8 Å². The number of phenols is 1. The van der Waals surface area contributed by atoms with Gasteiger partial charge in [0.15, 0.2) is 0 Å². The maximum Gasteiger partial charge on any atom is 0.337 e. The van der Waals surface area contributed by atoms with Crippen molar-refractivity contribution < 1.29 is 29.0 Å². The van der Waals surface area contributed by atoms with Crippen molar-refractivity contribution in [1.82, 2.24) is 5.32 Å². The molecule has 0 bridgehead atoms. The van der Waals surface area contributed by atoms with Crippen LogP contribution in [0.15, 0.2) is 18.2 Å². The predicted octanol–water partition coefficient (Wildman–Crippen LogP) is 2.03. The van der Waals surface area contributed by atoms with Gasteiger partial charge in [0.1, 0.15) is 5.75 Å². The molecule has 1 aromatic carbocycles. The molecule has 7 nitrogen and oxygen atoms in total. The number of aromatic hydroxyl groups is 1. The molecule has 1 aliphatic carbocycles. The number of esters is 2. The third kappa shape index (κ3) is 4.71. The fourth-order valence-electron chi connectivity index (χ4n) is 3.02. The van der Waals surface area contributed by atoms with Crippen LogP contribution in [0.25, 0.3) is 0 Å². The summed E-state index contributed by atoms with van der Waals surface area (Å²) in [6.45, 7) is 2.09. The summed E-state index contributed by atoms with van der Waals surface area (Å²) in [4.78, 5) is 35.9. The lowest BCUT2D eigenvalue weighted by Gasteiger charge is -2.28. The molecule has 0 aliphatic heterocycles. The second-order valence-corrected chi connectivity index (χ2v) is 6.01. The van der Waals surface area contributed by atoms with Crippen LogP contribution >= 0.6 is 0 Å². The SMILES string of the molecule is CCOC(=O)C1CCCC(NC(=O)c2cc(C(=O)OC)ccc2O)C1. The first-order chi connectivity index (χ1) is 12.0. The fourth-order valence-corrected chi connectivity index (χ4v) is 3.02. The minimum Gasteiger partial charge on any atom is -0.507 e. The molecule has 25 heavy (non-hydrogen) atoms. The highest BCUT2D eigenvalue weighted by atomic mass is 16.5. The van der Waals surface area contributed by atoms with Crippen LogP contribution in [-0.4, -0.2) is 42.7 Å². The molecule has 2 rings (SSSR count). The van der Waals surface area contributed by atoms with E-state index in [1.165, 1.54) is 25.3 Å². The summed E-state index contributed by atoms with van der Waals surface area (Å²) in [6.07, 6.45) is 2.80. The first-order valence-electron chi connectivity index (χ1n) is 8.35. The number of nitrogens with one attached hydrogen (secondary N) is 1. The van der Waals surface area contributed by atoms with Gasteiger partial charge in [-0.1, -0.05) is 6.42 Å². The Morgan fingerprint density at radius 3 is 2.72 bits per heavy atom. The van der Waals surface area contributed by atoms with Crippen LogP contribution in [-0.2, 0) is 14.3 Å². The van der Waals surface area contributed by atoms with Gasteiger partial charge in [0.2, 0.25) is 0 Å². The summed E-state index contributed by atoms with van der Waals surface area (Å²) in [5.41, 5.74) is 0.180.